The molecule has 0 fully saturated rings. The lowest BCUT2D eigenvalue weighted by atomic mass is 10.2. The quantitative estimate of drug-likeness (QED) is 0.809. The van der Waals surface area contributed by atoms with Crippen LogP contribution in [0.2, 0.25) is 5.02 Å². The van der Waals surface area contributed by atoms with Crippen LogP contribution < -0.4 is 10.1 Å². The number of halogens is 2. The monoisotopic (exact) mass is 307 g/mol. The molecular formula is C17H19ClFNO. The summed E-state index contributed by atoms with van der Waals surface area (Å²) in [4.78, 5) is 0. The van der Waals surface area contributed by atoms with Gasteiger partial charge in [0.1, 0.15) is 17.3 Å². The van der Waals surface area contributed by atoms with E-state index < -0.39 is 5.82 Å². The maximum atomic E-state index is 13.3. The fraction of sp³-hybridized carbons (Fsp3) is 0.294. The lowest BCUT2D eigenvalue weighted by molar-refractivity contribution is 0.476. The molecule has 0 aliphatic carbocycles. The van der Waals surface area contributed by atoms with E-state index in [1.807, 2.05) is 24.3 Å². The zero-order valence-electron chi connectivity index (χ0n) is 12.2. The Hall–Kier alpha value is -1.58. The van der Waals surface area contributed by atoms with E-state index in [2.05, 4.69) is 19.2 Å². The van der Waals surface area contributed by atoms with Crippen LogP contribution in [0.1, 0.15) is 19.4 Å². The van der Waals surface area contributed by atoms with E-state index in [1.165, 1.54) is 17.7 Å². The number of hydrogen-bond acceptors (Lipinski definition) is 2. The second kappa shape index (κ2) is 7.43. The van der Waals surface area contributed by atoms with Gasteiger partial charge in [0.05, 0.1) is 5.02 Å². The molecule has 0 saturated heterocycles. The minimum absolute atomic E-state index is 0.0916. The van der Waals surface area contributed by atoms with Crippen molar-refractivity contribution < 1.29 is 9.13 Å². The fourth-order valence-corrected chi connectivity index (χ4v) is 1.97. The molecule has 0 amide bonds. The summed E-state index contributed by atoms with van der Waals surface area (Å²) >= 11 is 5.64. The van der Waals surface area contributed by atoms with E-state index in [-0.39, 0.29) is 5.02 Å². The third-order valence-electron chi connectivity index (χ3n) is 2.93. The average molecular weight is 308 g/mol. The zero-order chi connectivity index (χ0) is 15.2. The molecule has 4 heteroatoms. The van der Waals surface area contributed by atoms with Crippen LogP contribution >= 0.6 is 11.6 Å². The standard InChI is InChI=1S/C17H19ClFNO/c1-12(2)10-20-11-13-3-5-14(6-4-13)21-15-7-8-16(18)17(19)9-15/h3-9,12,20H,10-11H2,1-2H3. The highest BCUT2D eigenvalue weighted by molar-refractivity contribution is 6.30. The van der Waals surface area contributed by atoms with E-state index in [0.29, 0.717) is 17.4 Å². The molecule has 0 unspecified atom stereocenters. The smallest absolute Gasteiger partial charge is 0.145 e. The van der Waals surface area contributed by atoms with Gasteiger partial charge in [0, 0.05) is 12.6 Å². The molecule has 0 radical (unpaired) electrons. The molecule has 1 N–H and O–H groups in total. The minimum Gasteiger partial charge on any atom is -0.457 e. The van der Waals surface area contributed by atoms with Crippen molar-refractivity contribution in [3.63, 3.8) is 0 Å². The first-order valence-corrected chi connectivity index (χ1v) is 7.35. The Morgan fingerprint density at radius 3 is 2.38 bits per heavy atom. The molecule has 0 spiro atoms. The first kappa shape index (κ1) is 15.8. The molecule has 0 aliphatic heterocycles. The SMILES string of the molecule is CC(C)CNCc1ccc(Oc2ccc(Cl)c(F)c2)cc1. The molecule has 112 valence electrons. The first-order chi connectivity index (χ1) is 10.0. The number of hydrogen-bond donors (Lipinski definition) is 1. The van der Waals surface area contributed by atoms with Gasteiger partial charge in [-0.1, -0.05) is 37.6 Å². The van der Waals surface area contributed by atoms with Crippen LogP contribution in [-0.2, 0) is 6.54 Å². The van der Waals surface area contributed by atoms with E-state index in [4.69, 9.17) is 16.3 Å². The Labute approximate surface area is 129 Å². The Morgan fingerprint density at radius 1 is 1.10 bits per heavy atom. The van der Waals surface area contributed by atoms with Gasteiger partial charge in [0.25, 0.3) is 0 Å². The van der Waals surface area contributed by atoms with Crippen LogP contribution in [0.25, 0.3) is 0 Å². The van der Waals surface area contributed by atoms with Crippen LogP contribution in [-0.4, -0.2) is 6.54 Å². The van der Waals surface area contributed by atoms with Gasteiger partial charge in [0.2, 0.25) is 0 Å². The van der Waals surface area contributed by atoms with Crippen molar-refractivity contribution in [2.75, 3.05) is 6.54 Å². The summed E-state index contributed by atoms with van der Waals surface area (Å²) in [5, 5.41) is 3.47. The molecule has 21 heavy (non-hydrogen) atoms. The second-order valence-electron chi connectivity index (χ2n) is 5.35. The third kappa shape index (κ3) is 5.03. The topological polar surface area (TPSA) is 21.3 Å². The van der Waals surface area contributed by atoms with Crippen LogP contribution in [0.4, 0.5) is 4.39 Å². The number of benzene rings is 2. The van der Waals surface area contributed by atoms with Gasteiger partial charge in [-0.05, 0) is 42.3 Å². The van der Waals surface area contributed by atoms with E-state index >= 15 is 0 Å². The lowest BCUT2D eigenvalue weighted by Gasteiger charge is -2.09. The summed E-state index contributed by atoms with van der Waals surface area (Å²) in [6.45, 7) is 6.17. The highest BCUT2D eigenvalue weighted by Crippen LogP contribution is 2.25. The molecule has 2 nitrogen and oxygen atoms in total. The summed E-state index contributed by atoms with van der Waals surface area (Å²) < 4.78 is 18.9. The van der Waals surface area contributed by atoms with Crippen molar-refractivity contribution in [3.05, 3.63) is 58.9 Å². The van der Waals surface area contributed by atoms with Gasteiger partial charge in [-0.2, -0.15) is 0 Å². The molecule has 2 aromatic rings. The van der Waals surface area contributed by atoms with Gasteiger partial charge in [-0.25, -0.2) is 4.39 Å². The van der Waals surface area contributed by atoms with E-state index in [1.54, 1.807) is 6.07 Å². The predicted octanol–water partition coefficient (Wildman–Crippen LogP) is 5.02. The summed E-state index contributed by atoms with van der Waals surface area (Å²) in [6.07, 6.45) is 0. The van der Waals surface area contributed by atoms with Crippen LogP contribution in [0.15, 0.2) is 42.5 Å². The Kier molecular flexibility index (Phi) is 5.59. The third-order valence-corrected chi connectivity index (χ3v) is 3.24. The molecule has 0 atom stereocenters. The number of nitrogens with one attached hydrogen (secondary N) is 1. The molecule has 2 rings (SSSR count). The van der Waals surface area contributed by atoms with Gasteiger partial charge < -0.3 is 10.1 Å². The maximum absolute atomic E-state index is 13.3. The van der Waals surface area contributed by atoms with Crippen LogP contribution in [0, 0.1) is 11.7 Å². The second-order valence-corrected chi connectivity index (χ2v) is 5.75. The predicted molar refractivity (Wildman–Crippen MR) is 84.5 cm³/mol. The summed E-state index contributed by atoms with van der Waals surface area (Å²) in [5.74, 6) is 1.25. The summed E-state index contributed by atoms with van der Waals surface area (Å²) in [7, 11) is 0. The van der Waals surface area contributed by atoms with Gasteiger partial charge in [0.15, 0.2) is 0 Å². The zero-order valence-corrected chi connectivity index (χ0v) is 13.0. The average Bonchev–Trinajstić information content (AvgIpc) is 2.44. The normalized spacial score (nSPS) is 10.9. The lowest BCUT2D eigenvalue weighted by Crippen LogP contribution is -2.18. The van der Waals surface area contributed by atoms with Crippen LogP contribution in [0.3, 0.4) is 0 Å². The van der Waals surface area contributed by atoms with Crippen molar-refractivity contribution in [2.45, 2.75) is 20.4 Å². The van der Waals surface area contributed by atoms with Crippen molar-refractivity contribution in [3.8, 4) is 11.5 Å². The Morgan fingerprint density at radius 2 is 1.76 bits per heavy atom. The fourth-order valence-electron chi connectivity index (χ4n) is 1.86. The maximum Gasteiger partial charge on any atom is 0.145 e. The first-order valence-electron chi connectivity index (χ1n) is 6.97. The van der Waals surface area contributed by atoms with E-state index in [0.717, 1.165) is 13.1 Å². The Bertz CT molecular complexity index is 584. The molecule has 0 aromatic heterocycles. The molecule has 2 aromatic carbocycles. The van der Waals surface area contributed by atoms with Gasteiger partial charge in [-0.15, -0.1) is 0 Å². The van der Waals surface area contributed by atoms with Gasteiger partial charge in [-0.3, -0.25) is 0 Å². The van der Waals surface area contributed by atoms with E-state index in [9.17, 15) is 4.39 Å². The molecule has 0 saturated carbocycles. The van der Waals surface area contributed by atoms with Crippen molar-refractivity contribution in [1.29, 1.82) is 0 Å². The number of ether oxygens (including phenoxy) is 1. The van der Waals surface area contributed by atoms with Crippen molar-refractivity contribution in [1.82, 2.24) is 5.32 Å². The number of rotatable bonds is 6. The largest absolute Gasteiger partial charge is 0.457 e. The Balaban J connectivity index is 1.94. The minimum atomic E-state index is -0.483. The molecule has 0 heterocycles. The molecule has 0 bridgehead atoms. The summed E-state index contributed by atoms with van der Waals surface area (Å²) in [6, 6.07) is 12.1. The highest BCUT2D eigenvalue weighted by Gasteiger charge is 2.03. The van der Waals surface area contributed by atoms with Crippen molar-refractivity contribution >= 4 is 11.6 Å². The highest BCUT2D eigenvalue weighted by atomic mass is 35.5. The van der Waals surface area contributed by atoms with Gasteiger partial charge >= 0.3 is 0 Å². The van der Waals surface area contributed by atoms with Crippen LogP contribution in [0.5, 0.6) is 11.5 Å². The molecular weight excluding hydrogens is 289 g/mol. The van der Waals surface area contributed by atoms with Crippen molar-refractivity contribution in [2.24, 2.45) is 5.92 Å². The molecule has 0 aliphatic rings. The summed E-state index contributed by atoms with van der Waals surface area (Å²) in [5.41, 5.74) is 1.19.